The van der Waals surface area contributed by atoms with E-state index in [-0.39, 0.29) is 11.6 Å². The van der Waals surface area contributed by atoms with Crippen molar-refractivity contribution in [2.45, 2.75) is 69.2 Å². The Morgan fingerprint density at radius 2 is 1.68 bits per heavy atom. The van der Waals surface area contributed by atoms with Crippen LogP contribution in [0.25, 0.3) is 0 Å². The number of carbonyl (C=O) groups is 1. The summed E-state index contributed by atoms with van der Waals surface area (Å²) in [5.41, 5.74) is 3.21. The van der Waals surface area contributed by atoms with E-state index in [0.29, 0.717) is 5.41 Å². The van der Waals surface area contributed by atoms with E-state index < -0.39 is 0 Å². The van der Waals surface area contributed by atoms with Crippen molar-refractivity contribution in [1.82, 2.24) is 10.2 Å². The quantitative estimate of drug-likeness (QED) is 0.852. The van der Waals surface area contributed by atoms with Crippen LogP contribution < -0.4 is 5.32 Å². The molecule has 3 nitrogen and oxygen atoms in total. The predicted octanol–water partition coefficient (Wildman–Crippen LogP) is 4.39. The van der Waals surface area contributed by atoms with Crippen molar-refractivity contribution in [2.24, 2.45) is 11.8 Å². The first kappa shape index (κ1) is 15.7. The summed E-state index contributed by atoms with van der Waals surface area (Å²) in [6.07, 6.45) is 9.93. The summed E-state index contributed by atoms with van der Waals surface area (Å²) in [5, 5.41) is 3.56. The number of likely N-dealkylation sites (tertiary alicyclic amines) is 1. The van der Waals surface area contributed by atoms with Gasteiger partial charge >= 0.3 is 6.03 Å². The first-order valence-electron chi connectivity index (χ1n) is 10.2. The molecule has 0 unspecified atom stereocenters. The topological polar surface area (TPSA) is 32.3 Å². The lowest BCUT2D eigenvalue weighted by Gasteiger charge is -2.62. The Morgan fingerprint density at radius 3 is 2.32 bits per heavy atom. The molecule has 25 heavy (non-hydrogen) atoms. The summed E-state index contributed by atoms with van der Waals surface area (Å²) in [7, 11) is 0. The Morgan fingerprint density at radius 1 is 1.04 bits per heavy atom. The van der Waals surface area contributed by atoms with Crippen molar-refractivity contribution in [1.29, 1.82) is 0 Å². The van der Waals surface area contributed by atoms with E-state index in [9.17, 15) is 4.79 Å². The Bertz CT molecular complexity index is 660. The Labute approximate surface area is 151 Å². The van der Waals surface area contributed by atoms with Gasteiger partial charge in [0.05, 0.1) is 0 Å². The maximum atomic E-state index is 12.8. The molecule has 1 aromatic rings. The Kier molecular flexibility index (Phi) is 3.45. The Balaban J connectivity index is 1.44. The van der Waals surface area contributed by atoms with Crippen molar-refractivity contribution in [2.75, 3.05) is 13.1 Å². The molecule has 0 radical (unpaired) electrons. The van der Waals surface area contributed by atoms with Crippen molar-refractivity contribution in [3.05, 3.63) is 35.4 Å². The van der Waals surface area contributed by atoms with Gasteiger partial charge in [-0.1, -0.05) is 29.8 Å². The van der Waals surface area contributed by atoms with E-state index in [1.807, 2.05) is 4.90 Å². The van der Waals surface area contributed by atoms with Gasteiger partial charge in [-0.2, -0.15) is 0 Å². The van der Waals surface area contributed by atoms with Gasteiger partial charge in [-0.25, -0.2) is 4.79 Å². The average molecular weight is 338 g/mol. The van der Waals surface area contributed by atoms with E-state index >= 15 is 0 Å². The second kappa shape index (κ2) is 5.49. The van der Waals surface area contributed by atoms with Crippen LogP contribution in [0.4, 0.5) is 4.79 Å². The third-order valence-corrected chi connectivity index (χ3v) is 7.49. The van der Waals surface area contributed by atoms with Gasteiger partial charge in [0.25, 0.3) is 0 Å². The molecule has 5 aliphatic rings. The van der Waals surface area contributed by atoms with Crippen molar-refractivity contribution in [3.63, 3.8) is 0 Å². The number of hydrogen-bond donors (Lipinski definition) is 1. The highest BCUT2D eigenvalue weighted by Gasteiger charge is 2.58. The van der Waals surface area contributed by atoms with E-state index in [0.717, 1.165) is 31.3 Å². The smallest absolute Gasteiger partial charge is 0.317 e. The first-order chi connectivity index (χ1) is 12.1. The van der Waals surface area contributed by atoms with Gasteiger partial charge in [0.1, 0.15) is 0 Å². The van der Waals surface area contributed by atoms with Crippen LogP contribution in [-0.4, -0.2) is 29.6 Å². The van der Waals surface area contributed by atoms with Gasteiger partial charge < -0.3 is 10.2 Å². The standard InChI is InChI=1S/C22H30N2O/c1-16-4-6-19(7-5-16)21-11-17-10-18(12-21)14-22(13-17,15-21)23-20(25)24-8-2-3-9-24/h4-7,17-18H,2-3,8-15H2,1H3,(H,23,25)/t17-,18-,21?,22?/m1/s1. The normalized spacial score (nSPS) is 39.0. The summed E-state index contributed by atoms with van der Waals surface area (Å²) in [5.74, 6) is 1.59. The minimum Gasteiger partial charge on any atom is -0.333 e. The first-order valence-corrected chi connectivity index (χ1v) is 10.2. The highest BCUT2D eigenvalue weighted by molar-refractivity contribution is 5.75. The SMILES string of the molecule is Cc1ccc(C23C[C@H]4C[C@@H](CC(NC(=O)N5CCCC5)(C4)C2)C3)cc1. The van der Waals surface area contributed by atoms with Gasteiger partial charge in [0.15, 0.2) is 0 Å². The lowest BCUT2D eigenvalue weighted by molar-refractivity contribution is -0.0364. The fourth-order valence-corrected chi connectivity index (χ4v) is 6.88. The predicted molar refractivity (Wildman–Crippen MR) is 99.6 cm³/mol. The van der Waals surface area contributed by atoms with Crippen LogP contribution in [0.5, 0.6) is 0 Å². The van der Waals surface area contributed by atoms with Gasteiger partial charge in [0.2, 0.25) is 0 Å². The molecule has 1 aliphatic heterocycles. The molecule has 2 atom stereocenters. The maximum Gasteiger partial charge on any atom is 0.317 e. The second-order valence-corrected chi connectivity index (χ2v) is 9.51. The zero-order chi connectivity index (χ0) is 17.1. The molecule has 6 rings (SSSR count). The molecule has 0 spiro atoms. The summed E-state index contributed by atoms with van der Waals surface area (Å²) in [6.45, 7) is 4.05. The molecule has 5 fully saturated rings. The van der Waals surface area contributed by atoms with E-state index in [1.54, 1.807) is 0 Å². The average Bonchev–Trinajstić information content (AvgIpc) is 3.08. The van der Waals surface area contributed by atoms with Crippen LogP contribution in [-0.2, 0) is 5.41 Å². The number of rotatable bonds is 2. The minimum absolute atomic E-state index is 0.0502. The number of amides is 2. The van der Waals surface area contributed by atoms with Gasteiger partial charge in [-0.05, 0) is 81.1 Å². The van der Waals surface area contributed by atoms with Crippen LogP contribution in [0.15, 0.2) is 24.3 Å². The van der Waals surface area contributed by atoms with Crippen LogP contribution in [0.2, 0.25) is 0 Å². The Hall–Kier alpha value is -1.51. The van der Waals surface area contributed by atoms with Gasteiger partial charge in [0, 0.05) is 18.6 Å². The zero-order valence-electron chi connectivity index (χ0n) is 15.4. The molecule has 0 aromatic heterocycles. The molecular weight excluding hydrogens is 308 g/mol. The molecule has 4 aliphatic carbocycles. The highest BCUT2D eigenvalue weighted by Crippen LogP contribution is 2.62. The fraction of sp³-hybridized carbons (Fsp3) is 0.682. The van der Waals surface area contributed by atoms with E-state index in [1.165, 1.54) is 56.1 Å². The van der Waals surface area contributed by atoms with Gasteiger partial charge in [-0.3, -0.25) is 0 Å². The largest absolute Gasteiger partial charge is 0.333 e. The number of hydrogen-bond acceptors (Lipinski definition) is 1. The number of benzene rings is 1. The number of aryl methyl sites for hydroxylation is 1. The monoisotopic (exact) mass is 338 g/mol. The molecule has 1 heterocycles. The fourth-order valence-electron chi connectivity index (χ4n) is 6.88. The lowest BCUT2D eigenvalue weighted by atomic mass is 9.45. The third kappa shape index (κ3) is 2.58. The van der Waals surface area contributed by atoms with Crippen molar-refractivity contribution in [3.8, 4) is 0 Å². The summed E-state index contributed by atoms with van der Waals surface area (Å²) >= 11 is 0. The summed E-state index contributed by atoms with van der Waals surface area (Å²) in [4.78, 5) is 14.9. The maximum absolute atomic E-state index is 12.8. The molecule has 1 aromatic carbocycles. The molecule has 4 bridgehead atoms. The molecular formula is C22H30N2O. The van der Waals surface area contributed by atoms with Crippen molar-refractivity contribution >= 4 is 6.03 Å². The summed E-state index contributed by atoms with van der Waals surface area (Å²) in [6, 6.07) is 9.46. The van der Waals surface area contributed by atoms with Crippen LogP contribution in [0, 0.1) is 18.8 Å². The van der Waals surface area contributed by atoms with Gasteiger partial charge in [-0.15, -0.1) is 0 Å². The lowest BCUT2D eigenvalue weighted by Crippen LogP contribution is -2.65. The molecule has 2 amide bonds. The number of nitrogens with one attached hydrogen (secondary N) is 1. The summed E-state index contributed by atoms with van der Waals surface area (Å²) < 4.78 is 0. The zero-order valence-corrected chi connectivity index (χ0v) is 15.4. The minimum atomic E-state index is 0.0502. The van der Waals surface area contributed by atoms with Crippen LogP contribution in [0.1, 0.15) is 62.5 Å². The van der Waals surface area contributed by atoms with E-state index in [2.05, 4.69) is 36.5 Å². The van der Waals surface area contributed by atoms with Crippen molar-refractivity contribution < 1.29 is 4.79 Å². The number of nitrogens with zero attached hydrogens (tertiary/aromatic N) is 1. The molecule has 1 N–H and O–H groups in total. The molecule has 134 valence electrons. The van der Waals surface area contributed by atoms with Crippen LogP contribution in [0.3, 0.4) is 0 Å². The van der Waals surface area contributed by atoms with E-state index in [4.69, 9.17) is 0 Å². The molecule has 3 heteroatoms. The molecule has 1 saturated heterocycles. The van der Waals surface area contributed by atoms with Crippen LogP contribution >= 0.6 is 0 Å². The highest BCUT2D eigenvalue weighted by atomic mass is 16.2. The number of urea groups is 1. The third-order valence-electron chi connectivity index (χ3n) is 7.49. The number of carbonyl (C=O) groups excluding carboxylic acids is 1. The molecule has 4 saturated carbocycles. The second-order valence-electron chi connectivity index (χ2n) is 9.51.